The predicted molar refractivity (Wildman–Crippen MR) is 175 cm³/mol. The molecule has 10 nitrogen and oxygen atoms in total. The van der Waals surface area contributed by atoms with E-state index in [4.69, 9.17) is 0 Å². The topological polar surface area (TPSA) is 124 Å². The summed E-state index contributed by atoms with van der Waals surface area (Å²) in [6, 6.07) is 11.9. The first kappa shape index (κ1) is 32.5. The number of aryl methyl sites for hydroxylation is 1. The van der Waals surface area contributed by atoms with Crippen LogP contribution in [-0.4, -0.2) is 73.7 Å². The van der Waals surface area contributed by atoms with Crippen molar-refractivity contribution in [1.82, 2.24) is 29.3 Å². The third-order valence-corrected chi connectivity index (χ3v) is 8.19. The van der Waals surface area contributed by atoms with Crippen molar-refractivity contribution in [3.8, 4) is 0 Å². The maximum absolute atomic E-state index is 13.3. The SMILES string of the molecule is CCC(=O)N1CCN(CCCn2cnc(/C=c3\[nH]c(=O)/c(=C/c4cccc(C(=O)c5ccc(F)cc5)c4)[nH]c3=O)c2C(C)C)CC1. The summed E-state index contributed by atoms with van der Waals surface area (Å²) in [6.07, 6.45) is 6.33. The maximum atomic E-state index is 13.3. The van der Waals surface area contributed by atoms with Crippen LogP contribution in [0.5, 0.6) is 0 Å². The number of amides is 1. The number of benzene rings is 2. The van der Waals surface area contributed by atoms with E-state index in [0.717, 1.165) is 51.4 Å². The Morgan fingerprint density at radius 1 is 0.913 bits per heavy atom. The Kier molecular flexibility index (Phi) is 10.2. The van der Waals surface area contributed by atoms with Gasteiger partial charge in [0.15, 0.2) is 5.78 Å². The standard InChI is InChI=1S/C35H39FN6O4/c1-4-31(43)41-17-15-40(16-18-41)13-6-14-42-22-37-28(32(42)23(2)3)21-30-35(46)38-29(34(45)39-30)20-24-7-5-8-26(19-24)33(44)25-9-11-27(36)12-10-25/h5,7-12,19-23H,4,6,13-18H2,1-3H3,(H,38,46)(H,39,45)/b29-20-,30-21-. The van der Waals surface area contributed by atoms with Gasteiger partial charge in [-0.2, -0.15) is 0 Å². The van der Waals surface area contributed by atoms with Crippen LogP contribution < -0.4 is 21.8 Å². The van der Waals surface area contributed by atoms with Gasteiger partial charge in [-0.3, -0.25) is 24.1 Å². The number of carbonyl (C=O) groups is 2. The molecule has 5 rings (SSSR count). The van der Waals surface area contributed by atoms with E-state index in [2.05, 4.69) is 38.3 Å². The number of carbonyl (C=O) groups excluding carboxylic acids is 2. The maximum Gasteiger partial charge on any atom is 0.272 e. The molecule has 2 N–H and O–H groups in total. The fourth-order valence-electron chi connectivity index (χ4n) is 5.77. The van der Waals surface area contributed by atoms with Crippen molar-refractivity contribution < 1.29 is 14.0 Å². The van der Waals surface area contributed by atoms with Gasteiger partial charge in [0.05, 0.1) is 12.0 Å². The van der Waals surface area contributed by atoms with Crippen LogP contribution in [-0.2, 0) is 11.3 Å². The number of ketones is 1. The van der Waals surface area contributed by atoms with E-state index < -0.39 is 16.9 Å². The molecule has 0 spiro atoms. The van der Waals surface area contributed by atoms with E-state index in [1.165, 1.54) is 30.3 Å². The zero-order valence-electron chi connectivity index (χ0n) is 26.4. The molecule has 0 bridgehead atoms. The summed E-state index contributed by atoms with van der Waals surface area (Å²) in [5.74, 6) is -0.384. The van der Waals surface area contributed by atoms with Gasteiger partial charge in [0.2, 0.25) is 5.91 Å². The van der Waals surface area contributed by atoms with Crippen molar-refractivity contribution in [2.45, 2.75) is 46.1 Å². The lowest BCUT2D eigenvalue weighted by Gasteiger charge is -2.34. The summed E-state index contributed by atoms with van der Waals surface area (Å²) >= 11 is 0. The first-order valence-electron chi connectivity index (χ1n) is 15.6. The number of aromatic nitrogens is 4. The number of hydrogen-bond acceptors (Lipinski definition) is 6. The molecule has 0 saturated carbocycles. The minimum Gasteiger partial charge on any atom is -0.340 e. The molecule has 46 heavy (non-hydrogen) atoms. The molecule has 0 radical (unpaired) electrons. The minimum atomic E-state index is -0.493. The molecule has 1 fully saturated rings. The van der Waals surface area contributed by atoms with Crippen LogP contribution in [0.2, 0.25) is 0 Å². The number of imidazole rings is 1. The van der Waals surface area contributed by atoms with Crippen molar-refractivity contribution in [2.75, 3.05) is 32.7 Å². The fourth-order valence-corrected chi connectivity index (χ4v) is 5.77. The second-order valence-corrected chi connectivity index (χ2v) is 11.8. The summed E-state index contributed by atoms with van der Waals surface area (Å²) in [6.45, 7) is 11.0. The molecule has 1 aliphatic heterocycles. The number of halogens is 1. The van der Waals surface area contributed by atoms with Gasteiger partial charge in [-0.05, 0) is 66.9 Å². The second-order valence-electron chi connectivity index (χ2n) is 11.8. The monoisotopic (exact) mass is 626 g/mol. The molecule has 0 unspecified atom stereocenters. The highest BCUT2D eigenvalue weighted by atomic mass is 19.1. The van der Waals surface area contributed by atoms with E-state index in [1.807, 2.05) is 11.8 Å². The van der Waals surface area contributed by atoms with Crippen molar-refractivity contribution in [3.05, 3.63) is 120 Å². The van der Waals surface area contributed by atoms with Crippen LogP contribution in [0.4, 0.5) is 4.39 Å². The first-order chi connectivity index (χ1) is 22.1. The smallest absolute Gasteiger partial charge is 0.272 e. The molecule has 1 amide bonds. The van der Waals surface area contributed by atoms with Crippen LogP contribution in [0.15, 0.2) is 64.4 Å². The molecular weight excluding hydrogens is 587 g/mol. The summed E-state index contributed by atoms with van der Waals surface area (Å²) in [4.78, 5) is 65.1. The lowest BCUT2D eigenvalue weighted by molar-refractivity contribution is -0.132. The van der Waals surface area contributed by atoms with Crippen LogP contribution in [0.1, 0.15) is 72.4 Å². The summed E-state index contributed by atoms with van der Waals surface area (Å²) < 4.78 is 15.4. The fraction of sp³-hybridized carbons (Fsp3) is 0.343. The van der Waals surface area contributed by atoms with Gasteiger partial charge >= 0.3 is 0 Å². The number of aromatic amines is 2. The van der Waals surface area contributed by atoms with Gasteiger partial charge in [0.1, 0.15) is 16.5 Å². The largest absolute Gasteiger partial charge is 0.340 e. The van der Waals surface area contributed by atoms with Crippen LogP contribution in [0.3, 0.4) is 0 Å². The van der Waals surface area contributed by atoms with Crippen molar-refractivity contribution >= 4 is 23.8 Å². The number of nitrogens with zero attached hydrogens (tertiary/aromatic N) is 4. The van der Waals surface area contributed by atoms with E-state index in [1.54, 1.807) is 36.7 Å². The number of nitrogens with one attached hydrogen (secondary N) is 2. The molecule has 4 aromatic rings. The molecule has 11 heteroatoms. The molecule has 1 saturated heterocycles. The van der Waals surface area contributed by atoms with Crippen molar-refractivity contribution in [2.24, 2.45) is 0 Å². The van der Waals surface area contributed by atoms with Crippen molar-refractivity contribution in [1.29, 1.82) is 0 Å². The van der Waals surface area contributed by atoms with Crippen LogP contribution in [0.25, 0.3) is 12.2 Å². The quantitative estimate of drug-likeness (QED) is 0.261. The number of rotatable bonds is 10. The number of piperazine rings is 1. The van der Waals surface area contributed by atoms with Gasteiger partial charge in [0.25, 0.3) is 11.1 Å². The van der Waals surface area contributed by atoms with Gasteiger partial charge in [-0.15, -0.1) is 0 Å². The highest BCUT2D eigenvalue weighted by molar-refractivity contribution is 6.09. The van der Waals surface area contributed by atoms with E-state index in [0.29, 0.717) is 28.8 Å². The Morgan fingerprint density at radius 3 is 2.24 bits per heavy atom. The lowest BCUT2D eigenvalue weighted by Crippen LogP contribution is -2.48. The zero-order chi connectivity index (χ0) is 32.8. The van der Waals surface area contributed by atoms with Crippen molar-refractivity contribution in [3.63, 3.8) is 0 Å². The highest BCUT2D eigenvalue weighted by Crippen LogP contribution is 2.20. The number of H-pyrrole nitrogens is 2. The molecular formula is C35H39FN6O4. The summed E-state index contributed by atoms with van der Waals surface area (Å²) in [7, 11) is 0. The molecule has 0 aliphatic carbocycles. The Balaban J connectivity index is 1.32. The normalized spacial score (nSPS) is 14.8. The Labute approximate surface area is 265 Å². The minimum absolute atomic E-state index is 0.0445. The van der Waals surface area contributed by atoms with E-state index >= 15 is 0 Å². The van der Waals surface area contributed by atoms with Crippen LogP contribution >= 0.6 is 0 Å². The second kappa shape index (κ2) is 14.5. The Morgan fingerprint density at radius 2 is 1.59 bits per heavy atom. The van der Waals surface area contributed by atoms with Crippen LogP contribution in [0, 0.1) is 5.82 Å². The third kappa shape index (κ3) is 7.66. The van der Waals surface area contributed by atoms with Gasteiger partial charge in [-0.25, -0.2) is 9.37 Å². The molecule has 2 aromatic heterocycles. The molecule has 240 valence electrons. The molecule has 2 aromatic carbocycles. The summed E-state index contributed by atoms with van der Waals surface area (Å²) in [5, 5.41) is 0.136. The molecule has 0 atom stereocenters. The van der Waals surface area contributed by atoms with E-state index in [9.17, 15) is 23.6 Å². The summed E-state index contributed by atoms with van der Waals surface area (Å²) in [5.41, 5.74) is 1.87. The Hall–Kier alpha value is -4.90. The molecule has 3 heterocycles. The third-order valence-electron chi connectivity index (χ3n) is 8.19. The zero-order valence-corrected chi connectivity index (χ0v) is 26.4. The van der Waals surface area contributed by atoms with Gasteiger partial charge in [-0.1, -0.05) is 39.0 Å². The highest BCUT2D eigenvalue weighted by Gasteiger charge is 2.20. The average molecular weight is 627 g/mol. The van der Waals surface area contributed by atoms with E-state index in [-0.39, 0.29) is 28.3 Å². The molecule has 1 aliphatic rings. The van der Waals surface area contributed by atoms with Gasteiger partial charge in [0, 0.05) is 56.0 Å². The lowest BCUT2D eigenvalue weighted by atomic mass is 10.0. The average Bonchev–Trinajstić information content (AvgIpc) is 3.46. The number of hydrogen-bond donors (Lipinski definition) is 2. The first-order valence-corrected chi connectivity index (χ1v) is 15.6. The Bertz CT molecular complexity index is 1950. The van der Waals surface area contributed by atoms with Gasteiger partial charge < -0.3 is 19.4 Å². The predicted octanol–water partition coefficient (Wildman–Crippen LogP) is 2.36.